The molecule has 0 bridgehead atoms. The minimum Gasteiger partial charge on any atom is -0.423 e. The van der Waals surface area contributed by atoms with Crippen LogP contribution in [0.3, 0.4) is 0 Å². The molecule has 0 atom stereocenters. The predicted molar refractivity (Wildman–Crippen MR) is 126 cm³/mol. The highest BCUT2D eigenvalue weighted by atomic mass is 19.1. The van der Waals surface area contributed by atoms with Crippen LogP contribution in [-0.2, 0) is 0 Å². The van der Waals surface area contributed by atoms with Crippen molar-refractivity contribution >= 4 is 12.0 Å². The molecule has 32 heavy (non-hydrogen) atoms. The summed E-state index contributed by atoms with van der Waals surface area (Å²) in [5.41, 5.74) is 0.763. The van der Waals surface area contributed by atoms with E-state index in [1.165, 1.54) is 57.1 Å². The van der Waals surface area contributed by atoms with Crippen molar-refractivity contribution in [3.8, 4) is 5.75 Å². The van der Waals surface area contributed by atoms with Crippen molar-refractivity contribution in [3.63, 3.8) is 0 Å². The lowest BCUT2D eigenvalue weighted by Crippen LogP contribution is -2.14. The molecule has 2 aromatic rings. The molecule has 0 N–H and O–H groups in total. The smallest absolute Gasteiger partial charge is 0.349 e. The number of hydrogen-bond acceptors (Lipinski definition) is 2. The van der Waals surface area contributed by atoms with Crippen LogP contribution in [0.25, 0.3) is 6.08 Å². The molecule has 0 aliphatic heterocycles. The van der Waals surface area contributed by atoms with E-state index < -0.39 is 23.2 Å². The van der Waals surface area contributed by atoms with Gasteiger partial charge in [0.25, 0.3) is 0 Å². The predicted octanol–water partition coefficient (Wildman–Crippen LogP) is 8.28. The van der Waals surface area contributed by atoms with Gasteiger partial charge in [-0.05, 0) is 74.3 Å². The number of ether oxygens (including phenoxy) is 1. The van der Waals surface area contributed by atoms with Gasteiger partial charge >= 0.3 is 5.97 Å². The highest BCUT2D eigenvalue weighted by Gasteiger charge is 2.21. The van der Waals surface area contributed by atoms with Crippen LogP contribution in [0.1, 0.15) is 86.2 Å². The maximum absolute atomic E-state index is 14.5. The minimum absolute atomic E-state index is 0.254. The molecule has 0 saturated heterocycles. The largest absolute Gasteiger partial charge is 0.423 e. The first kappa shape index (κ1) is 24.2. The van der Waals surface area contributed by atoms with E-state index in [1.807, 2.05) is 6.92 Å². The normalized spacial score (nSPS) is 18.8. The average Bonchev–Trinajstić information content (AvgIpc) is 2.77. The molecule has 0 unspecified atom stereocenters. The van der Waals surface area contributed by atoms with E-state index in [2.05, 4.69) is 13.0 Å². The molecule has 2 nitrogen and oxygen atoms in total. The van der Waals surface area contributed by atoms with Crippen LogP contribution >= 0.6 is 0 Å². The molecule has 3 rings (SSSR count). The zero-order valence-corrected chi connectivity index (χ0v) is 19.2. The summed E-state index contributed by atoms with van der Waals surface area (Å²) in [7, 11) is 0. The molecule has 2 aromatic carbocycles. The average molecular weight is 441 g/mol. The van der Waals surface area contributed by atoms with Gasteiger partial charge < -0.3 is 4.74 Å². The van der Waals surface area contributed by atoms with E-state index in [4.69, 9.17) is 4.74 Å². The first-order chi connectivity index (χ1) is 15.5. The Labute approximate surface area is 190 Å². The molecule has 0 radical (unpaired) electrons. The Morgan fingerprint density at radius 1 is 1.00 bits per heavy atom. The summed E-state index contributed by atoms with van der Waals surface area (Å²) in [5.74, 6) is -1.32. The van der Waals surface area contributed by atoms with Crippen LogP contribution in [0.2, 0.25) is 0 Å². The van der Waals surface area contributed by atoms with E-state index in [0.29, 0.717) is 11.5 Å². The van der Waals surface area contributed by atoms with E-state index in [0.717, 1.165) is 24.3 Å². The molecule has 1 fully saturated rings. The second kappa shape index (κ2) is 11.9. The molecule has 0 aromatic heterocycles. The van der Waals surface area contributed by atoms with Crippen molar-refractivity contribution in [1.29, 1.82) is 0 Å². The van der Waals surface area contributed by atoms with Crippen molar-refractivity contribution in [3.05, 3.63) is 70.8 Å². The second-order valence-corrected chi connectivity index (χ2v) is 9.05. The number of aryl methyl sites for hydroxylation is 1. The number of halogens is 2. The fraction of sp³-hybridized carbons (Fsp3) is 0.464. The van der Waals surface area contributed by atoms with Gasteiger partial charge in [-0.1, -0.05) is 68.9 Å². The van der Waals surface area contributed by atoms with Gasteiger partial charge in [0.1, 0.15) is 22.9 Å². The molecule has 4 heteroatoms. The Balaban J connectivity index is 1.55. The number of hydrogen-bond donors (Lipinski definition) is 0. The Morgan fingerprint density at radius 2 is 1.66 bits per heavy atom. The van der Waals surface area contributed by atoms with E-state index in [-0.39, 0.29) is 5.75 Å². The van der Waals surface area contributed by atoms with Crippen LogP contribution in [0.15, 0.2) is 42.5 Å². The van der Waals surface area contributed by atoms with Gasteiger partial charge in [-0.15, -0.1) is 0 Å². The maximum Gasteiger partial charge on any atom is 0.349 e. The lowest BCUT2D eigenvalue weighted by atomic mass is 9.79. The molecular weight excluding hydrogens is 406 g/mol. The van der Waals surface area contributed by atoms with E-state index in [9.17, 15) is 13.6 Å². The van der Waals surface area contributed by atoms with Crippen LogP contribution in [0.5, 0.6) is 5.75 Å². The van der Waals surface area contributed by atoms with Crippen molar-refractivity contribution < 1.29 is 18.3 Å². The van der Waals surface area contributed by atoms with Crippen LogP contribution in [0, 0.1) is 30.4 Å². The van der Waals surface area contributed by atoms with E-state index >= 15 is 0 Å². The van der Waals surface area contributed by atoms with Gasteiger partial charge in [0.15, 0.2) is 0 Å². The molecule has 0 amide bonds. The number of carbonyl (C=O) groups is 1. The molecule has 0 heterocycles. The molecule has 1 aliphatic rings. The highest BCUT2D eigenvalue weighted by Crippen LogP contribution is 2.33. The number of allylic oxidation sites excluding steroid dienone is 1. The lowest BCUT2D eigenvalue weighted by molar-refractivity contribution is 0.0724. The van der Waals surface area contributed by atoms with Gasteiger partial charge in [-0.25, -0.2) is 13.6 Å². The van der Waals surface area contributed by atoms with Crippen molar-refractivity contribution in [1.82, 2.24) is 0 Å². The number of benzene rings is 2. The summed E-state index contributed by atoms with van der Waals surface area (Å²) in [6.07, 6.45) is 15.1. The van der Waals surface area contributed by atoms with Gasteiger partial charge in [0.05, 0.1) is 0 Å². The first-order valence-electron chi connectivity index (χ1n) is 11.9. The molecular formula is C28H34F2O2. The number of unbranched alkanes of at least 4 members (excludes halogenated alkanes) is 3. The fourth-order valence-electron chi connectivity index (χ4n) is 4.42. The fourth-order valence-corrected chi connectivity index (χ4v) is 4.42. The standard InChI is InChI=1S/C28H34F2O2/c1-3-4-5-6-7-21-10-12-22(13-11-21)14-15-23-18-25(29)27(26(30)19-23)28(31)32-24-16-8-20(2)9-17-24/h8-9,14-19,21-22H,3-7,10-13H2,1-2H3/b15-14+. The summed E-state index contributed by atoms with van der Waals surface area (Å²) < 4.78 is 34.2. The van der Waals surface area contributed by atoms with Gasteiger partial charge in [0, 0.05) is 0 Å². The third-order valence-electron chi connectivity index (χ3n) is 6.42. The van der Waals surface area contributed by atoms with Crippen LogP contribution < -0.4 is 4.74 Å². The van der Waals surface area contributed by atoms with Gasteiger partial charge in [-0.2, -0.15) is 0 Å². The summed E-state index contributed by atoms with van der Waals surface area (Å²) in [4.78, 5) is 12.3. The van der Waals surface area contributed by atoms with Crippen molar-refractivity contribution in [2.75, 3.05) is 0 Å². The third-order valence-corrected chi connectivity index (χ3v) is 6.42. The van der Waals surface area contributed by atoms with E-state index in [1.54, 1.807) is 30.3 Å². The Kier molecular flexibility index (Phi) is 9.01. The minimum atomic E-state index is -1.03. The molecule has 1 saturated carbocycles. The summed E-state index contributed by atoms with van der Waals surface area (Å²) in [6.45, 7) is 4.14. The van der Waals surface area contributed by atoms with Gasteiger partial charge in [-0.3, -0.25) is 0 Å². The molecule has 172 valence electrons. The SMILES string of the molecule is CCCCCCC1CCC(/C=C/c2cc(F)c(C(=O)Oc3ccc(C)cc3)c(F)c2)CC1. The lowest BCUT2D eigenvalue weighted by Gasteiger charge is -2.26. The Morgan fingerprint density at radius 3 is 2.28 bits per heavy atom. The Hall–Kier alpha value is -2.49. The quantitative estimate of drug-likeness (QED) is 0.223. The first-order valence-corrected chi connectivity index (χ1v) is 11.9. The topological polar surface area (TPSA) is 26.3 Å². The zero-order valence-electron chi connectivity index (χ0n) is 19.2. The summed E-state index contributed by atoms with van der Waals surface area (Å²) in [6, 6.07) is 9.13. The van der Waals surface area contributed by atoms with Gasteiger partial charge in [0.2, 0.25) is 0 Å². The van der Waals surface area contributed by atoms with Crippen molar-refractivity contribution in [2.24, 2.45) is 11.8 Å². The Bertz CT molecular complexity index is 887. The number of carbonyl (C=O) groups excluding carboxylic acids is 1. The maximum atomic E-state index is 14.5. The van der Waals surface area contributed by atoms with Crippen molar-refractivity contribution in [2.45, 2.75) is 71.6 Å². The second-order valence-electron chi connectivity index (χ2n) is 9.05. The number of rotatable bonds is 9. The summed E-state index contributed by atoms with van der Waals surface area (Å²) in [5, 5.41) is 0. The monoisotopic (exact) mass is 440 g/mol. The molecule has 1 aliphatic carbocycles. The van der Waals surface area contributed by atoms with Crippen LogP contribution in [-0.4, -0.2) is 5.97 Å². The van der Waals surface area contributed by atoms with Crippen LogP contribution in [0.4, 0.5) is 8.78 Å². The molecule has 0 spiro atoms. The zero-order chi connectivity index (χ0) is 22.9. The highest BCUT2D eigenvalue weighted by molar-refractivity contribution is 5.92. The third kappa shape index (κ3) is 7.01. The summed E-state index contributed by atoms with van der Waals surface area (Å²) >= 11 is 0. The number of esters is 1.